The molecule has 0 aliphatic heterocycles. The van der Waals surface area contributed by atoms with Gasteiger partial charge in [0.05, 0.1) is 16.8 Å². The van der Waals surface area contributed by atoms with E-state index in [9.17, 15) is 18.0 Å². The van der Waals surface area contributed by atoms with Gasteiger partial charge in [-0.2, -0.15) is 13.2 Å². The first-order valence-electron chi connectivity index (χ1n) is 8.32. The molecule has 4 rings (SSSR count). The number of carbonyl (C=O) groups is 1. The predicted octanol–water partition coefficient (Wildman–Crippen LogP) is 5.86. The van der Waals surface area contributed by atoms with Gasteiger partial charge >= 0.3 is 6.18 Å². The van der Waals surface area contributed by atoms with Gasteiger partial charge in [0.2, 0.25) is 5.78 Å². The van der Waals surface area contributed by atoms with Crippen LogP contribution in [0.4, 0.5) is 13.2 Å². The molecule has 27 heavy (non-hydrogen) atoms. The lowest BCUT2D eigenvalue weighted by molar-refractivity contribution is -0.137. The van der Waals surface area contributed by atoms with Crippen molar-refractivity contribution < 1.29 is 18.0 Å². The maximum Gasteiger partial charge on any atom is 0.416 e. The highest BCUT2D eigenvalue weighted by atomic mass is 19.4. The van der Waals surface area contributed by atoms with Crippen LogP contribution in [-0.2, 0) is 6.18 Å². The average Bonchev–Trinajstić information content (AvgIpc) is 3.07. The Bertz CT molecular complexity index is 1110. The van der Waals surface area contributed by atoms with Gasteiger partial charge in [0.1, 0.15) is 0 Å². The van der Waals surface area contributed by atoms with Crippen molar-refractivity contribution in [2.75, 3.05) is 0 Å². The van der Waals surface area contributed by atoms with Crippen LogP contribution in [-0.4, -0.2) is 10.2 Å². The van der Waals surface area contributed by atoms with Crippen LogP contribution in [0.5, 0.6) is 0 Å². The van der Waals surface area contributed by atoms with E-state index in [0.29, 0.717) is 22.4 Å². The first-order chi connectivity index (χ1) is 12.9. The van der Waals surface area contributed by atoms with E-state index in [0.717, 1.165) is 17.6 Å². The number of hydrogen-bond donors (Lipinski definition) is 0. The second-order valence-electron chi connectivity index (χ2n) is 6.17. The van der Waals surface area contributed by atoms with Crippen molar-refractivity contribution >= 4 is 11.3 Å². The number of ketones is 1. The summed E-state index contributed by atoms with van der Waals surface area (Å²) in [6.07, 6.45) is -2.60. The van der Waals surface area contributed by atoms with Gasteiger partial charge in [-0.15, -0.1) is 0 Å². The van der Waals surface area contributed by atoms with Crippen LogP contribution in [0.3, 0.4) is 0 Å². The summed E-state index contributed by atoms with van der Waals surface area (Å²) in [5.41, 5.74) is 2.42. The normalized spacial score (nSPS) is 11.7. The molecule has 0 amide bonds. The third-order valence-electron chi connectivity index (χ3n) is 4.47. The second kappa shape index (κ2) is 6.43. The largest absolute Gasteiger partial charge is 0.416 e. The molecule has 0 radical (unpaired) electrons. The maximum absolute atomic E-state index is 12.9. The minimum atomic E-state index is -4.38. The van der Waals surface area contributed by atoms with Crippen LogP contribution >= 0.6 is 0 Å². The lowest BCUT2D eigenvalue weighted by Crippen LogP contribution is -2.04. The average molecular weight is 365 g/mol. The quantitative estimate of drug-likeness (QED) is 0.417. The smallest absolute Gasteiger partial charge is 0.313 e. The molecule has 2 aromatic carbocycles. The topological polar surface area (TPSA) is 21.5 Å². The Hall–Kier alpha value is -3.34. The summed E-state index contributed by atoms with van der Waals surface area (Å²) in [6, 6.07) is 21.1. The fraction of sp³-hybridized carbons (Fsp3) is 0.0455. The zero-order chi connectivity index (χ0) is 19.0. The van der Waals surface area contributed by atoms with Gasteiger partial charge in [0.15, 0.2) is 0 Å². The van der Waals surface area contributed by atoms with E-state index in [-0.39, 0.29) is 5.78 Å². The van der Waals surface area contributed by atoms with E-state index in [1.54, 1.807) is 40.9 Å². The van der Waals surface area contributed by atoms with Crippen LogP contribution in [0.2, 0.25) is 0 Å². The van der Waals surface area contributed by atoms with Gasteiger partial charge in [0, 0.05) is 17.3 Å². The number of carbonyl (C=O) groups excluding carboxylic acids is 1. The van der Waals surface area contributed by atoms with Gasteiger partial charge in [-0.25, -0.2) is 0 Å². The lowest BCUT2D eigenvalue weighted by atomic mass is 10.0. The number of aromatic nitrogens is 1. The molecule has 0 spiro atoms. The zero-order valence-electron chi connectivity index (χ0n) is 14.1. The number of nitrogens with zero attached hydrogens (tertiary/aromatic N) is 1. The highest BCUT2D eigenvalue weighted by molar-refractivity contribution is 6.10. The van der Waals surface area contributed by atoms with E-state index < -0.39 is 11.7 Å². The molecular weight excluding hydrogens is 351 g/mol. The molecule has 5 heteroatoms. The number of halogens is 3. The van der Waals surface area contributed by atoms with Crippen molar-refractivity contribution in [2.24, 2.45) is 0 Å². The van der Waals surface area contributed by atoms with Gasteiger partial charge in [-0.05, 0) is 35.9 Å². The number of alkyl halides is 3. The van der Waals surface area contributed by atoms with Crippen LogP contribution in [0.1, 0.15) is 21.6 Å². The molecule has 0 aliphatic carbocycles. The van der Waals surface area contributed by atoms with E-state index in [4.69, 9.17) is 0 Å². The standard InChI is InChI=1S/C22H14F3NO/c23-22(24,25)17-11-9-15(10-12-17)18-14-20(26-13-5-4-8-19(18)26)21(27)16-6-2-1-3-7-16/h1-14H. The highest BCUT2D eigenvalue weighted by Gasteiger charge is 2.30. The van der Waals surface area contributed by atoms with Crippen molar-refractivity contribution in [2.45, 2.75) is 6.18 Å². The maximum atomic E-state index is 12.9. The molecule has 0 N–H and O–H groups in total. The van der Waals surface area contributed by atoms with Crippen LogP contribution in [0.25, 0.3) is 16.6 Å². The summed E-state index contributed by atoms with van der Waals surface area (Å²) in [5, 5.41) is 0. The van der Waals surface area contributed by atoms with Gasteiger partial charge in [-0.3, -0.25) is 4.79 Å². The predicted molar refractivity (Wildman–Crippen MR) is 97.7 cm³/mol. The van der Waals surface area contributed by atoms with Gasteiger partial charge < -0.3 is 4.40 Å². The molecule has 0 atom stereocenters. The number of pyridine rings is 1. The van der Waals surface area contributed by atoms with Crippen LogP contribution < -0.4 is 0 Å². The molecule has 2 nitrogen and oxygen atoms in total. The Balaban J connectivity index is 1.84. The third kappa shape index (κ3) is 3.12. The minimum Gasteiger partial charge on any atom is -0.313 e. The molecule has 0 saturated carbocycles. The molecule has 2 aromatic heterocycles. The van der Waals surface area contributed by atoms with Crippen molar-refractivity contribution in [3.8, 4) is 11.1 Å². The van der Waals surface area contributed by atoms with E-state index in [1.807, 2.05) is 24.3 Å². The molecular formula is C22H14F3NO. The van der Waals surface area contributed by atoms with E-state index in [2.05, 4.69) is 0 Å². The van der Waals surface area contributed by atoms with Crippen molar-refractivity contribution in [1.29, 1.82) is 0 Å². The van der Waals surface area contributed by atoms with E-state index >= 15 is 0 Å². The van der Waals surface area contributed by atoms with Crippen molar-refractivity contribution in [3.63, 3.8) is 0 Å². The van der Waals surface area contributed by atoms with Gasteiger partial charge in [0.25, 0.3) is 0 Å². The molecule has 4 aromatic rings. The summed E-state index contributed by atoms with van der Waals surface area (Å²) in [6.45, 7) is 0. The molecule has 134 valence electrons. The number of hydrogen-bond acceptors (Lipinski definition) is 1. The Morgan fingerprint density at radius 2 is 1.48 bits per heavy atom. The van der Waals surface area contributed by atoms with Crippen LogP contribution in [0, 0.1) is 0 Å². The summed E-state index contributed by atoms with van der Waals surface area (Å²) in [5.74, 6) is -0.144. The van der Waals surface area contributed by atoms with Gasteiger partial charge in [-0.1, -0.05) is 48.5 Å². The number of benzene rings is 2. The fourth-order valence-corrected chi connectivity index (χ4v) is 3.14. The fourth-order valence-electron chi connectivity index (χ4n) is 3.14. The molecule has 0 aliphatic rings. The highest BCUT2D eigenvalue weighted by Crippen LogP contribution is 2.33. The van der Waals surface area contributed by atoms with E-state index in [1.165, 1.54) is 12.1 Å². The Labute approximate surface area is 153 Å². The Morgan fingerprint density at radius 3 is 2.15 bits per heavy atom. The molecule has 0 fully saturated rings. The Morgan fingerprint density at radius 1 is 0.815 bits per heavy atom. The van der Waals surface area contributed by atoms with Crippen molar-refractivity contribution in [1.82, 2.24) is 4.40 Å². The SMILES string of the molecule is O=C(c1ccccc1)c1cc(-c2ccc(C(F)(F)F)cc2)c2ccccn12. The first kappa shape index (κ1) is 17.1. The minimum absolute atomic E-state index is 0.144. The van der Waals surface area contributed by atoms with Crippen molar-refractivity contribution in [3.05, 3.63) is 102 Å². The summed E-state index contributed by atoms with van der Waals surface area (Å²) in [7, 11) is 0. The number of fused-ring (bicyclic) bond motifs is 1. The van der Waals surface area contributed by atoms with Crippen LogP contribution in [0.15, 0.2) is 85.1 Å². The summed E-state index contributed by atoms with van der Waals surface area (Å²) >= 11 is 0. The Kier molecular flexibility index (Phi) is 4.07. The zero-order valence-corrected chi connectivity index (χ0v) is 14.1. The second-order valence-corrected chi connectivity index (χ2v) is 6.17. The lowest BCUT2D eigenvalue weighted by Gasteiger charge is -2.07. The molecule has 0 bridgehead atoms. The number of rotatable bonds is 3. The summed E-state index contributed by atoms with van der Waals surface area (Å²) < 4.78 is 40.2. The molecule has 0 unspecified atom stereocenters. The molecule has 0 saturated heterocycles. The third-order valence-corrected chi connectivity index (χ3v) is 4.47. The summed E-state index contributed by atoms with van der Waals surface area (Å²) in [4.78, 5) is 12.9. The first-order valence-corrected chi connectivity index (χ1v) is 8.32. The molecule has 2 heterocycles. The monoisotopic (exact) mass is 365 g/mol.